The van der Waals surface area contributed by atoms with E-state index < -0.39 is 0 Å². The molecule has 0 aliphatic carbocycles. The van der Waals surface area contributed by atoms with Crippen molar-refractivity contribution in [1.82, 2.24) is 0 Å². The molecule has 1 aromatic carbocycles. The van der Waals surface area contributed by atoms with Gasteiger partial charge in [-0.3, -0.25) is 4.99 Å². The van der Waals surface area contributed by atoms with Crippen LogP contribution in [-0.4, -0.2) is 12.8 Å². The Morgan fingerprint density at radius 3 is 2.39 bits per heavy atom. The number of hydrogen-bond donors (Lipinski definition) is 0. The van der Waals surface area contributed by atoms with E-state index in [-0.39, 0.29) is 56.8 Å². The number of hydroxylamine groups is 1. The number of rotatable bonds is 2. The van der Waals surface area contributed by atoms with Crippen LogP contribution in [0.3, 0.4) is 0 Å². The number of nitrogens with zero attached hydrogens (tertiary/aromatic N) is 2. The van der Waals surface area contributed by atoms with Crippen LogP contribution in [0.15, 0.2) is 23.2 Å². The molecule has 0 N–H and O–H groups in total. The van der Waals surface area contributed by atoms with Crippen LogP contribution in [0.4, 0.5) is 5.69 Å². The first kappa shape index (κ1) is 18.3. The fourth-order valence-electron chi connectivity index (χ4n) is 1.79. The van der Waals surface area contributed by atoms with Gasteiger partial charge in [-0.25, -0.2) is 0 Å². The molecule has 0 saturated heterocycles. The second-order valence-corrected chi connectivity index (χ2v) is 4.28. The molecular weight excluding hydrogens is 251 g/mol. The fraction of sp³-hybridized carbons (Fsp3) is 0.500. The maximum absolute atomic E-state index is 5.13. The minimum absolute atomic E-state index is 0. The van der Waals surface area contributed by atoms with Crippen molar-refractivity contribution in [2.45, 2.75) is 40.0 Å². The molecule has 0 unspecified atom stereocenters. The molecule has 2 rings (SSSR count). The molecule has 0 aromatic heterocycles. The van der Waals surface area contributed by atoms with Crippen molar-refractivity contribution in [2.75, 3.05) is 7.05 Å². The predicted octanol–water partition coefficient (Wildman–Crippen LogP) is 1.40. The van der Waals surface area contributed by atoms with Crippen molar-refractivity contribution < 1.29 is 56.2 Å². The molecule has 1 aliphatic rings. The second-order valence-electron chi connectivity index (χ2n) is 4.28. The van der Waals surface area contributed by atoms with E-state index in [9.17, 15) is 0 Å². The van der Waals surface area contributed by atoms with Crippen LogP contribution in [0, 0.1) is 0 Å². The molecule has 0 atom stereocenters. The van der Waals surface area contributed by atoms with E-state index in [1.807, 2.05) is 32.0 Å². The first-order valence-electron chi connectivity index (χ1n) is 6.02. The van der Waals surface area contributed by atoms with E-state index >= 15 is 0 Å². The Kier molecular flexibility index (Phi) is 7.90. The summed E-state index contributed by atoms with van der Waals surface area (Å²) in [5.41, 5.74) is 7.06. The van der Waals surface area contributed by atoms with Crippen molar-refractivity contribution in [3.05, 3.63) is 29.2 Å². The maximum Gasteiger partial charge on any atom is 1.00 e. The van der Waals surface area contributed by atoms with Crippen LogP contribution >= 0.6 is 0 Å². The van der Waals surface area contributed by atoms with Crippen molar-refractivity contribution in [3.63, 3.8) is 0 Å². The first-order chi connectivity index (χ1) is 8.05. The molecule has 0 spiro atoms. The summed E-state index contributed by atoms with van der Waals surface area (Å²) < 4.78 is 0. The third-order valence-corrected chi connectivity index (χ3v) is 3.03. The van der Waals surface area contributed by atoms with Crippen LogP contribution in [0.2, 0.25) is 0 Å². The van der Waals surface area contributed by atoms with Gasteiger partial charge in [-0.2, -0.15) is 0 Å². The van der Waals surface area contributed by atoms with Gasteiger partial charge in [0.1, 0.15) is 5.75 Å². The van der Waals surface area contributed by atoms with Crippen molar-refractivity contribution in [3.8, 4) is 5.75 Å². The summed E-state index contributed by atoms with van der Waals surface area (Å²) in [6.45, 7) is 10.4. The molecule has 1 aliphatic heterocycles. The molecule has 0 amide bonds. The molecule has 0 radical (unpaired) electrons. The molecule has 4 heteroatoms. The molecule has 18 heavy (non-hydrogen) atoms. The summed E-state index contributed by atoms with van der Waals surface area (Å²) in [5, 5.41) is 0. The van der Waals surface area contributed by atoms with E-state index in [0.29, 0.717) is 0 Å². The molecule has 1 heterocycles. The van der Waals surface area contributed by atoms with Crippen LogP contribution in [0.25, 0.3) is 5.48 Å². The summed E-state index contributed by atoms with van der Waals surface area (Å²) in [5.74, 6) is 0.772. The van der Waals surface area contributed by atoms with Crippen LogP contribution in [-0.2, 0) is 5.41 Å². The third kappa shape index (κ3) is 3.65. The third-order valence-electron chi connectivity index (χ3n) is 3.03. The summed E-state index contributed by atoms with van der Waals surface area (Å²) >= 11 is 0. The van der Waals surface area contributed by atoms with Gasteiger partial charge >= 0.3 is 51.4 Å². The molecule has 0 saturated carbocycles. The first-order valence-corrected chi connectivity index (χ1v) is 6.02. The SMILES string of the molecule is CC.C[N-]Oc1ccc2c(c1)C(C)(C)C(C)=N2.[K+]. The van der Waals surface area contributed by atoms with E-state index in [1.165, 1.54) is 5.56 Å². The Balaban J connectivity index is 0.000000917. The Labute approximate surface area is 153 Å². The number of aliphatic imine (C=N–C) groups is 1. The molecule has 1 aromatic rings. The zero-order valence-electron chi connectivity index (χ0n) is 12.5. The Hall–Kier alpha value is 0.286. The molecule has 3 nitrogen and oxygen atoms in total. The van der Waals surface area contributed by atoms with Crippen LogP contribution < -0.4 is 56.2 Å². The van der Waals surface area contributed by atoms with E-state index in [0.717, 1.165) is 17.1 Å². The van der Waals surface area contributed by atoms with Crippen LogP contribution in [0.5, 0.6) is 5.75 Å². The Bertz CT molecular complexity index is 428. The van der Waals surface area contributed by atoms with Gasteiger partial charge in [0, 0.05) is 11.1 Å². The smallest absolute Gasteiger partial charge is 0.587 e. The number of fused-ring (bicyclic) bond motifs is 1. The van der Waals surface area contributed by atoms with Gasteiger partial charge in [-0.1, -0.05) is 27.7 Å². The van der Waals surface area contributed by atoms with Crippen LogP contribution in [0.1, 0.15) is 40.2 Å². The predicted molar refractivity (Wildman–Crippen MR) is 73.5 cm³/mol. The normalized spacial score (nSPS) is 14.7. The molecule has 94 valence electrons. The van der Waals surface area contributed by atoms with Gasteiger partial charge in [-0.15, -0.1) is 7.05 Å². The number of benzene rings is 1. The van der Waals surface area contributed by atoms with E-state index in [4.69, 9.17) is 4.84 Å². The largest absolute Gasteiger partial charge is 1.00 e. The average molecular weight is 272 g/mol. The second kappa shape index (κ2) is 7.77. The van der Waals surface area contributed by atoms with E-state index in [2.05, 4.69) is 31.2 Å². The molecule has 0 bridgehead atoms. The van der Waals surface area contributed by atoms with Gasteiger partial charge in [0.2, 0.25) is 0 Å². The molecular formula is C14H21KN2O. The Morgan fingerprint density at radius 1 is 1.22 bits per heavy atom. The van der Waals surface area contributed by atoms with Crippen molar-refractivity contribution >= 4 is 11.4 Å². The summed E-state index contributed by atoms with van der Waals surface area (Å²) in [7, 11) is 1.63. The topological polar surface area (TPSA) is 35.7 Å². The monoisotopic (exact) mass is 272 g/mol. The van der Waals surface area contributed by atoms with E-state index in [1.54, 1.807) is 7.05 Å². The van der Waals surface area contributed by atoms with Gasteiger partial charge in [-0.05, 0) is 30.7 Å². The quantitative estimate of drug-likeness (QED) is 0.592. The van der Waals surface area contributed by atoms with Crippen molar-refractivity contribution in [1.29, 1.82) is 0 Å². The zero-order valence-corrected chi connectivity index (χ0v) is 15.7. The number of hydrogen-bond acceptors (Lipinski definition) is 2. The standard InChI is InChI=1S/C12H15N2O.C2H6.K/c1-8-12(2,3)10-7-9(15-13-4)5-6-11(10)14-8;1-2;/h5-7H,1-4H3;1-2H3;/q-1;;+1. The average Bonchev–Trinajstić information content (AvgIpc) is 2.54. The summed E-state index contributed by atoms with van der Waals surface area (Å²) in [6, 6.07) is 5.89. The minimum Gasteiger partial charge on any atom is -0.587 e. The summed E-state index contributed by atoms with van der Waals surface area (Å²) in [4.78, 5) is 9.67. The van der Waals surface area contributed by atoms with Gasteiger partial charge in [0.15, 0.2) is 0 Å². The summed E-state index contributed by atoms with van der Waals surface area (Å²) in [6.07, 6.45) is 0. The maximum atomic E-state index is 5.13. The zero-order chi connectivity index (χ0) is 13.1. The van der Waals surface area contributed by atoms with Gasteiger partial charge in [0.05, 0.1) is 5.69 Å². The van der Waals surface area contributed by atoms with Gasteiger partial charge in [0.25, 0.3) is 0 Å². The van der Waals surface area contributed by atoms with Crippen molar-refractivity contribution in [2.24, 2.45) is 4.99 Å². The van der Waals surface area contributed by atoms with Gasteiger partial charge < -0.3 is 10.3 Å². The Morgan fingerprint density at radius 2 is 1.83 bits per heavy atom. The molecule has 0 fully saturated rings. The fourth-order valence-corrected chi connectivity index (χ4v) is 1.79. The minimum atomic E-state index is 0.